The van der Waals surface area contributed by atoms with Gasteiger partial charge in [-0.25, -0.2) is 0 Å². The van der Waals surface area contributed by atoms with Crippen molar-refractivity contribution in [1.82, 2.24) is 4.57 Å². The van der Waals surface area contributed by atoms with E-state index in [2.05, 4.69) is 99.8 Å². The first-order chi connectivity index (χ1) is 16.5. The fraction of sp³-hybridized carbons (Fsp3) is 0.419. The van der Waals surface area contributed by atoms with Gasteiger partial charge in [0.2, 0.25) is 0 Å². The Morgan fingerprint density at radius 2 is 1.24 bits per heavy atom. The Bertz CT molecular complexity index is 1170. The van der Waals surface area contributed by atoms with Crippen LogP contribution >= 0.6 is 7.26 Å². The van der Waals surface area contributed by atoms with Crippen LogP contribution in [-0.2, 0) is 0 Å². The van der Waals surface area contributed by atoms with E-state index >= 15 is 0 Å². The molecule has 0 fully saturated rings. The molecular formula is C31H41NOP+. The third-order valence-electron chi connectivity index (χ3n) is 7.73. The van der Waals surface area contributed by atoms with Crippen molar-refractivity contribution >= 4 is 29.1 Å². The summed E-state index contributed by atoms with van der Waals surface area (Å²) in [4.78, 5) is 0. The zero-order valence-corrected chi connectivity index (χ0v) is 22.6. The Morgan fingerprint density at radius 3 is 1.76 bits per heavy atom. The number of unbranched alkanes of at least 4 members (excludes halogenated alkanes) is 2. The van der Waals surface area contributed by atoms with Gasteiger partial charge in [0, 0.05) is 23.7 Å². The standard InChI is InChI=1S/C31H41NOP/c1-6-34(7-2,8-3)21-11-9-10-20-33-27-16-14-26(15-17-27)32-30-18-12-24(4)22-28(30)29-23-25(5)13-19-31(29)32/h12-19,22-23H,6-11,20-21H2,1-5H3/q+1. The highest BCUT2D eigenvalue weighted by Crippen LogP contribution is 2.58. The van der Waals surface area contributed by atoms with Crippen LogP contribution in [0.15, 0.2) is 60.7 Å². The normalized spacial score (nSPS) is 12.0. The van der Waals surface area contributed by atoms with Crippen LogP contribution < -0.4 is 4.74 Å². The van der Waals surface area contributed by atoms with Crippen molar-refractivity contribution in [3.8, 4) is 11.4 Å². The van der Waals surface area contributed by atoms with E-state index in [1.165, 1.54) is 76.1 Å². The van der Waals surface area contributed by atoms with Gasteiger partial charge < -0.3 is 9.30 Å². The molecule has 0 spiro atoms. The van der Waals surface area contributed by atoms with E-state index in [0.717, 1.165) is 18.8 Å². The molecule has 0 atom stereocenters. The van der Waals surface area contributed by atoms with Crippen LogP contribution in [0, 0.1) is 13.8 Å². The largest absolute Gasteiger partial charge is 0.494 e. The first-order valence-electron chi connectivity index (χ1n) is 13.1. The Balaban J connectivity index is 1.42. The highest BCUT2D eigenvalue weighted by Gasteiger charge is 2.29. The number of aryl methyl sites for hydroxylation is 2. The third-order valence-corrected chi connectivity index (χ3v) is 13.0. The molecule has 0 N–H and O–H groups in total. The highest BCUT2D eigenvalue weighted by molar-refractivity contribution is 7.75. The van der Waals surface area contributed by atoms with Crippen molar-refractivity contribution < 1.29 is 4.74 Å². The van der Waals surface area contributed by atoms with Gasteiger partial charge >= 0.3 is 0 Å². The average Bonchev–Trinajstić information content (AvgIpc) is 3.17. The van der Waals surface area contributed by atoms with E-state index in [0.29, 0.717) is 0 Å². The third kappa shape index (κ3) is 5.18. The second-order valence-electron chi connectivity index (χ2n) is 9.79. The minimum Gasteiger partial charge on any atom is -0.494 e. The lowest BCUT2D eigenvalue weighted by molar-refractivity contribution is 0.306. The zero-order valence-electron chi connectivity index (χ0n) is 21.7. The average molecular weight is 475 g/mol. The number of rotatable bonds is 11. The Hall–Kier alpha value is -2.31. The molecule has 0 saturated heterocycles. The predicted octanol–water partition coefficient (Wildman–Crippen LogP) is 9.03. The summed E-state index contributed by atoms with van der Waals surface area (Å²) in [6.07, 6.45) is 9.47. The van der Waals surface area contributed by atoms with Crippen LogP contribution in [-0.4, -0.2) is 35.8 Å². The summed E-state index contributed by atoms with van der Waals surface area (Å²) >= 11 is 0. The molecule has 0 saturated carbocycles. The monoisotopic (exact) mass is 474 g/mol. The van der Waals surface area contributed by atoms with Crippen molar-refractivity contribution in [2.45, 2.75) is 53.9 Å². The lowest BCUT2D eigenvalue weighted by Gasteiger charge is -2.23. The number of hydrogen-bond donors (Lipinski definition) is 0. The molecule has 0 radical (unpaired) electrons. The fourth-order valence-electron chi connectivity index (χ4n) is 5.28. The second kappa shape index (κ2) is 11.0. The molecule has 3 aromatic carbocycles. The zero-order chi connectivity index (χ0) is 24.1. The first kappa shape index (κ1) is 24.8. The maximum atomic E-state index is 6.10. The summed E-state index contributed by atoms with van der Waals surface area (Å²) in [5.74, 6) is 0.966. The van der Waals surface area contributed by atoms with E-state index in [-0.39, 0.29) is 0 Å². The lowest BCUT2D eigenvalue weighted by atomic mass is 10.1. The summed E-state index contributed by atoms with van der Waals surface area (Å²) in [5, 5.41) is 2.64. The molecule has 3 heteroatoms. The van der Waals surface area contributed by atoms with Crippen molar-refractivity contribution in [2.24, 2.45) is 0 Å². The Labute approximate surface area is 206 Å². The summed E-state index contributed by atoms with van der Waals surface area (Å²) in [6, 6.07) is 22.1. The van der Waals surface area contributed by atoms with E-state index in [9.17, 15) is 0 Å². The summed E-state index contributed by atoms with van der Waals surface area (Å²) in [7, 11) is -0.659. The molecule has 0 bridgehead atoms. The second-order valence-corrected chi connectivity index (χ2v) is 14.8. The number of ether oxygens (including phenoxy) is 1. The van der Waals surface area contributed by atoms with Gasteiger partial charge in [0.25, 0.3) is 0 Å². The van der Waals surface area contributed by atoms with Gasteiger partial charge in [-0.2, -0.15) is 0 Å². The van der Waals surface area contributed by atoms with Crippen LogP contribution in [0.4, 0.5) is 0 Å². The molecule has 0 aliphatic rings. The predicted molar refractivity (Wildman–Crippen MR) is 153 cm³/mol. The van der Waals surface area contributed by atoms with Gasteiger partial charge in [0.15, 0.2) is 0 Å². The fourth-order valence-corrected chi connectivity index (χ4v) is 8.47. The Kier molecular flexibility index (Phi) is 7.99. The van der Waals surface area contributed by atoms with Crippen LogP contribution in [0.5, 0.6) is 5.75 Å². The molecule has 4 rings (SSSR count). The molecule has 180 valence electrons. The number of fused-ring (bicyclic) bond motifs is 3. The van der Waals surface area contributed by atoms with Gasteiger partial charge in [-0.05, 0) is 102 Å². The molecule has 0 aliphatic heterocycles. The number of aromatic nitrogens is 1. The van der Waals surface area contributed by atoms with Gasteiger partial charge in [-0.1, -0.05) is 23.3 Å². The van der Waals surface area contributed by atoms with Gasteiger partial charge in [0.05, 0.1) is 42.3 Å². The minimum atomic E-state index is -0.659. The molecular weight excluding hydrogens is 433 g/mol. The Morgan fingerprint density at radius 1 is 0.676 bits per heavy atom. The molecule has 0 aliphatic carbocycles. The van der Waals surface area contributed by atoms with Gasteiger partial charge in [-0.3, -0.25) is 0 Å². The van der Waals surface area contributed by atoms with E-state index in [1.54, 1.807) is 0 Å². The topological polar surface area (TPSA) is 14.2 Å². The maximum Gasteiger partial charge on any atom is 0.119 e. The number of nitrogens with zero attached hydrogens (tertiary/aromatic N) is 1. The summed E-state index contributed by atoms with van der Waals surface area (Å²) < 4.78 is 8.47. The van der Waals surface area contributed by atoms with Gasteiger partial charge in [0.1, 0.15) is 5.75 Å². The van der Waals surface area contributed by atoms with Gasteiger partial charge in [-0.15, -0.1) is 0 Å². The first-order valence-corrected chi connectivity index (χ1v) is 15.6. The maximum absolute atomic E-state index is 6.10. The van der Waals surface area contributed by atoms with Crippen molar-refractivity contribution in [2.75, 3.05) is 31.3 Å². The van der Waals surface area contributed by atoms with Crippen molar-refractivity contribution in [3.05, 3.63) is 71.8 Å². The number of benzene rings is 3. The SMILES string of the molecule is CC[P+](CC)(CC)CCCCCOc1ccc(-n2c3ccc(C)cc3c3cc(C)ccc32)cc1. The van der Waals surface area contributed by atoms with Crippen molar-refractivity contribution in [1.29, 1.82) is 0 Å². The lowest BCUT2D eigenvalue weighted by Crippen LogP contribution is -2.08. The quantitative estimate of drug-likeness (QED) is 0.156. The van der Waals surface area contributed by atoms with E-state index in [4.69, 9.17) is 4.74 Å². The molecule has 1 heterocycles. The molecule has 2 nitrogen and oxygen atoms in total. The van der Waals surface area contributed by atoms with E-state index < -0.39 is 7.26 Å². The highest BCUT2D eigenvalue weighted by atomic mass is 31.2. The van der Waals surface area contributed by atoms with Crippen LogP contribution in [0.2, 0.25) is 0 Å². The van der Waals surface area contributed by atoms with Crippen LogP contribution in [0.25, 0.3) is 27.5 Å². The number of hydrogen-bond acceptors (Lipinski definition) is 1. The minimum absolute atomic E-state index is 0.659. The molecule has 4 aromatic rings. The molecule has 0 unspecified atom stereocenters. The van der Waals surface area contributed by atoms with E-state index in [1.807, 2.05) is 0 Å². The van der Waals surface area contributed by atoms with Crippen molar-refractivity contribution in [3.63, 3.8) is 0 Å². The van der Waals surface area contributed by atoms with Crippen LogP contribution in [0.1, 0.15) is 51.2 Å². The molecule has 0 amide bonds. The molecule has 34 heavy (non-hydrogen) atoms. The van der Waals surface area contributed by atoms with Crippen LogP contribution in [0.3, 0.4) is 0 Å². The smallest absolute Gasteiger partial charge is 0.119 e. The summed E-state index contributed by atoms with van der Waals surface area (Å²) in [6.45, 7) is 12.3. The summed E-state index contributed by atoms with van der Waals surface area (Å²) in [5.41, 5.74) is 6.28. The molecule has 1 aromatic heterocycles.